The van der Waals surface area contributed by atoms with Gasteiger partial charge in [-0.15, -0.1) is 0 Å². The van der Waals surface area contributed by atoms with Gasteiger partial charge in [-0.25, -0.2) is 0 Å². The monoisotopic (exact) mass is 424 g/mol. The third kappa shape index (κ3) is 3.63. The lowest BCUT2D eigenvalue weighted by Crippen LogP contribution is -2.61. The molecule has 4 N–H and O–H groups in total. The number of carbonyl (C=O) groups is 2. The Morgan fingerprint density at radius 1 is 1.23 bits per heavy atom. The van der Waals surface area contributed by atoms with E-state index in [1.165, 1.54) is 7.11 Å². The molecule has 0 aliphatic carbocycles. The van der Waals surface area contributed by atoms with Crippen LogP contribution in [0.25, 0.3) is 0 Å². The van der Waals surface area contributed by atoms with E-state index < -0.39 is 5.72 Å². The summed E-state index contributed by atoms with van der Waals surface area (Å²) in [5.74, 6) is 1.05. The predicted molar refractivity (Wildman–Crippen MR) is 114 cm³/mol. The van der Waals surface area contributed by atoms with Gasteiger partial charge >= 0.3 is 0 Å². The van der Waals surface area contributed by atoms with E-state index in [1.807, 2.05) is 0 Å². The summed E-state index contributed by atoms with van der Waals surface area (Å²) in [7, 11) is 3.01. The minimum atomic E-state index is -0.851. The summed E-state index contributed by atoms with van der Waals surface area (Å²) in [6.45, 7) is 0.804. The number of carbonyl (C=O) groups excluding carboxylic acids is 2. The van der Waals surface area contributed by atoms with Gasteiger partial charge in [-0.05, 0) is 30.3 Å². The number of benzene rings is 2. The highest BCUT2D eigenvalue weighted by Crippen LogP contribution is 2.36. The number of nitrogens with zero attached hydrogens (tertiary/aromatic N) is 1. The first kappa shape index (κ1) is 20.5. The number of nitrogen functional groups attached to an aromatic ring is 1. The van der Waals surface area contributed by atoms with Crippen molar-refractivity contribution in [2.75, 3.05) is 33.0 Å². The average Bonchev–Trinajstić information content (AvgIpc) is 2.78. The van der Waals surface area contributed by atoms with E-state index in [0.717, 1.165) is 6.21 Å². The lowest BCUT2D eigenvalue weighted by Gasteiger charge is -2.44. The topological polar surface area (TPSA) is 127 Å². The van der Waals surface area contributed by atoms with E-state index in [4.69, 9.17) is 25.4 Å². The number of hydrogen-bond acceptors (Lipinski definition) is 7. The van der Waals surface area contributed by atoms with Crippen molar-refractivity contribution in [2.45, 2.75) is 18.6 Å². The van der Waals surface area contributed by atoms with E-state index in [9.17, 15) is 9.59 Å². The molecule has 0 saturated carbocycles. The molecule has 162 valence electrons. The van der Waals surface area contributed by atoms with Gasteiger partial charge in [-0.2, -0.15) is 0 Å². The first-order valence-corrected chi connectivity index (χ1v) is 9.86. The molecule has 0 aromatic heterocycles. The van der Waals surface area contributed by atoms with Crippen LogP contribution in [-0.4, -0.2) is 56.0 Å². The van der Waals surface area contributed by atoms with Crippen LogP contribution in [0.3, 0.4) is 0 Å². The van der Waals surface area contributed by atoms with Crippen LogP contribution in [0, 0.1) is 5.41 Å². The summed E-state index contributed by atoms with van der Waals surface area (Å²) in [6, 6.07) is 8.27. The molecule has 1 spiro atoms. The first-order chi connectivity index (χ1) is 14.9. The molecule has 0 unspecified atom stereocenters. The third-order valence-corrected chi connectivity index (χ3v) is 5.72. The zero-order valence-corrected chi connectivity index (χ0v) is 17.4. The van der Waals surface area contributed by atoms with E-state index in [0.29, 0.717) is 65.6 Å². The number of fused-ring (bicyclic) bond motifs is 1. The van der Waals surface area contributed by atoms with Crippen LogP contribution in [0.15, 0.2) is 30.3 Å². The molecule has 1 saturated heterocycles. The summed E-state index contributed by atoms with van der Waals surface area (Å²) >= 11 is 0. The molecule has 9 heteroatoms. The second kappa shape index (κ2) is 7.82. The molecule has 2 heterocycles. The van der Waals surface area contributed by atoms with Crippen molar-refractivity contribution >= 4 is 23.7 Å². The number of methoxy groups -OCH3 is 2. The standard InChI is InChI=1S/C22H24N4O5/c1-29-14-3-4-18-15(11-14)20(27)25-22(31-18)5-7-26(8-6-22)21(28)13-9-17(24)16(12-23)19(10-13)30-2/h3-4,9-12,23H,5-8,24H2,1-2H3,(H,25,27). The van der Waals surface area contributed by atoms with E-state index in [-0.39, 0.29) is 11.8 Å². The number of rotatable bonds is 4. The maximum absolute atomic E-state index is 13.0. The Labute approximate surface area is 179 Å². The van der Waals surface area contributed by atoms with Gasteiger partial charge in [-0.1, -0.05) is 0 Å². The number of nitrogens with two attached hydrogens (primary N) is 1. The zero-order chi connectivity index (χ0) is 22.2. The maximum Gasteiger partial charge on any atom is 0.258 e. The Hall–Kier alpha value is -3.75. The van der Waals surface area contributed by atoms with Crippen LogP contribution in [0.5, 0.6) is 17.2 Å². The van der Waals surface area contributed by atoms with Crippen molar-refractivity contribution in [1.82, 2.24) is 10.2 Å². The van der Waals surface area contributed by atoms with Crippen LogP contribution >= 0.6 is 0 Å². The van der Waals surface area contributed by atoms with Gasteiger partial charge in [0.05, 0.1) is 25.3 Å². The quantitative estimate of drug-likeness (QED) is 0.509. The highest BCUT2D eigenvalue weighted by Gasteiger charge is 2.43. The summed E-state index contributed by atoms with van der Waals surface area (Å²) in [5.41, 5.74) is 6.70. The fourth-order valence-electron chi connectivity index (χ4n) is 3.99. The average molecular weight is 424 g/mol. The fraction of sp³-hybridized carbons (Fsp3) is 0.318. The predicted octanol–water partition coefficient (Wildman–Crippen LogP) is 2.04. The molecule has 2 aromatic carbocycles. The summed E-state index contributed by atoms with van der Waals surface area (Å²) in [6.07, 6.45) is 1.99. The first-order valence-electron chi connectivity index (χ1n) is 9.86. The Morgan fingerprint density at radius 3 is 2.61 bits per heavy atom. The van der Waals surface area contributed by atoms with Gasteiger partial charge in [0, 0.05) is 43.4 Å². The Kier molecular flexibility index (Phi) is 5.18. The number of ether oxygens (including phenoxy) is 3. The number of hydrogen-bond donors (Lipinski definition) is 3. The second-order valence-corrected chi connectivity index (χ2v) is 7.53. The second-order valence-electron chi connectivity index (χ2n) is 7.53. The molecule has 0 radical (unpaired) electrons. The van der Waals surface area contributed by atoms with Gasteiger partial charge in [0.25, 0.3) is 11.8 Å². The molecule has 1 fully saturated rings. The van der Waals surface area contributed by atoms with Crippen LogP contribution in [0.2, 0.25) is 0 Å². The summed E-state index contributed by atoms with van der Waals surface area (Å²) in [5, 5.41) is 10.4. The van der Waals surface area contributed by atoms with Gasteiger partial charge in [-0.3, -0.25) is 9.59 Å². The minimum Gasteiger partial charge on any atom is -0.497 e. The van der Waals surface area contributed by atoms with Crippen molar-refractivity contribution < 1.29 is 23.8 Å². The van der Waals surface area contributed by atoms with Crippen molar-refractivity contribution in [2.24, 2.45) is 0 Å². The SMILES string of the molecule is COc1ccc2c(c1)C(=O)NC1(CCN(C(=O)c3cc(N)c(C=N)c(OC)c3)CC1)O2. The number of nitrogens with one attached hydrogen (secondary N) is 2. The minimum absolute atomic E-state index is 0.191. The normalized spacial score (nSPS) is 16.7. The highest BCUT2D eigenvalue weighted by atomic mass is 16.5. The van der Waals surface area contributed by atoms with Gasteiger partial charge in [0.15, 0.2) is 5.72 Å². The lowest BCUT2D eigenvalue weighted by molar-refractivity contribution is -0.0246. The van der Waals surface area contributed by atoms with Crippen molar-refractivity contribution in [1.29, 1.82) is 5.41 Å². The largest absolute Gasteiger partial charge is 0.497 e. The smallest absolute Gasteiger partial charge is 0.258 e. The zero-order valence-electron chi connectivity index (χ0n) is 17.4. The van der Waals surface area contributed by atoms with Crippen LogP contribution < -0.4 is 25.3 Å². The molecule has 2 aliphatic heterocycles. The van der Waals surface area contributed by atoms with Crippen LogP contribution in [0.1, 0.15) is 39.1 Å². The van der Waals surface area contributed by atoms with E-state index in [2.05, 4.69) is 5.32 Å². The van der Waals surface area contributed by atoms with Crippen LogP contribution in [0.4, 0.5) is 5.69 Å². The Morgan fingerprint density at radius 2 is 1.97 bits per heavy atom. The molecule has 0 atom stereocenters. The molecule has 4 rings (SSSR count). The van der Waals surface area contributed by atoms with Gasteiger partial charge < -0.3 is 35.6 Å². The fourth-order valence-corrected chi connectivity index (χ4v) is 3.99. The number of amides is 2. The highest BCUT2D eigenvalue weighted by molar-refractivity contribution is 6.00. The van der Waals surface area contributed by atoms with Gasteiger partial charge in [0.1, 0.15) is 17.2 Å². The van der Waals surface area contributed by atoms with Crippen molar-refractivity contribution in [3.63, 3.8) is 0 Å². The number of piperidine rings is 1. The molecule has 0 bridgehead atoms. The van der Waals surface area contributed by atoms with E-state index in [1.54, 1.807) is 42.3 Å². The Bertz CT molecular complexity index is 1060. The Balaban J connectivity index is 1.50. The lowest BCUT2D eigenvalue weighted by atomic mass is 9.96. The molecular formula is C22H24N4O5. The molecule has 9 nitrogen and oxygen atoms in total. The summed E-state index contributed by atoms with van der Waals surface area (Å²) < 4.78 is 16.6. The van der Waals surface area contributed by atoms with Crippen molar-refractivity contribution in [3.8, 4) is 17.2 Å². The maximum atomic E-state index is 13.0. The summed E-state index contributed by atoms with van der Waals surface area (Å²) in [4.78, 5) is 27.4. The van der Waals surface area contributed by atoms with Crippen molar-refractivity contribution in [3.05, 3.63) is 47.0 Å². The molecule has 2 amide bonds. The van der Waals surface area contributed by atoms with Gasteiger partial charge in [0.2, 0.25) is 0 Å². The third-order valence-electron chi connectivity index (χ3n) is 5.72. The molecular weight excluding hydrogens is 400 g/mol. The van der Waals surface area contributed by atoms with E-state index >= 15 is 0 Å². The molecule has 31 heavy (non-hydrogen) atoms. The molecule has 2 aromatic rings. The molecule has 2 aliphatic rings. The number of anilines is 1. The van der Waals surface area contributed by atoms with Crippen LogP contribution in [-0.2, 0) is 0 Å². The number of likely N-dealkylation sites (tertiary alicyclic amines) is 1.